The number of ether oxygens (including phenoxy) is 1. The molecule has 40 heavy (non-hydrogen) atoms. The number of carbonyl (C=O) groups is 2. The number of hydrogen-bond donors (Lipinski definition) is 2. The molecule has 0 aliphatic rings. The summed E-state index contributed by atoms with van der Waals surface area (Å²) >= 11 is 6.06. The fourth-order valence-electron chi connectivity index (χ4n) is 4.12. The number of carbonyl (C=O) groups excluding carboxylic acids is 1. The number of nitrogens with one attached hydrogen (secondary N) is 1. The standard InChI is InChI=1S/C29H25ClF3N3O4/c1-18(20-6-10-23(30)11-7-20)26-16-25(21-8-12-24(13-9-21)40-29(31,32)33)35-36(26)17-19-2-4-22(5-3-19)28(39)34-15-14-27(37)38/h2-13,16,18H,14-15,17H2,1H3,(H,34,39)(H,37,38). The molecule has 4 aromatic rings. The lowest BCUT2D eigenvalue weighted by molar-refractivity contribution is -0.274. The lowest BCUT2D eigenvalue weighted by Crippen LogP contribution is -2.25. The van der Waals surface area contributed by atoms with E-state index in [-0.39, 0.29) is 30.5 Å². The average Bonchev–Trinajstić information content (AvgIpc) is 3.32. The van der Waals surface area contributed by atoms with Crippen molar-refractivity contribution in [3.63, 3.8) is 0 Å². The van der Waals surface area contributed by atoms with Gasteiger partial charge in [0.25, 0.3) is 5.91 Å². The Balaban J connectivity index is 1.60. The molecule has 0 aliphatic carbocycles. The molecule has 0 spiro atoms. The van der Waals surface area contributed by atoms with Crippen LogP contribution < -0.4 is 10.1 Å². The highest BCUT2D eigenvalue weighted by Gasteiger charge is 2.31. The number of carboxylic acid groups (broad SMARTS) is 1. The van der Waals surface area contributed by atoms with Crippen molar-refractivity contribution < 1.29 is 32.6 Å². The minimum Gasteiger partial charge on any atom is -0.481 e. The summed E-state index contributed by atoms with van der Waals surface area (Å²) in [7, 11) is 0. The van der Waals surface area contributed by atoms with Crippen LogP contribution in [-0.2, 0) is 11.3 Å². The molecule has 0 fully saturated rings. The number of hydrogen-bond acceptors (Lipinski definition) is 4. The average molecular weight is 572 g/mol. The fraction of sp³-hybridized carbons (Fsp3) is 0.207. The maximum absolute atomic E-state index is 12.6. The lowest BCUT2D eigenvalue weighted by atomic mass is 9.97. The second-order valence-electron chi connectivity index (χ2n) is 9.05. The third-order valence-electron chi connectivity index (χ3n) is 6.18. The molecule has 1 atom stereocenters. The van der Waals surface area contributed by atoms with E-state index in [4.69, 9.17) is 21.8 Å². The molecule has 1 amide bonds. The van der Waals surface area contributed by atoms with E-state index in [1.165, 1.54) is 24.3 Å². The number of rotatable bonds is 10. The highest BCUT2D eigenvalue weighted by atomic mass is 35.5. The number of aromatic nitrogens is 2. The van der Waals surface area contributed by atoms with Crippen molar-refractivity contribution in [3.05, 3.63) is 106 Å². The van der Waals surface area contributed by atoms with Crippen LogP contribution in [0.3, 0.4) is 0 Å². The Morgan fingerprint density at radius 2 is 1.68 bits per heavy atom. The molecule has 1 heterocycles. The molecule has 4 rings (SSSR count). The van der Waals surface area contributed by atoms with Gasteiger partial charge in [-0.25, -0.2) is 0 Å². The van der Waals surface area contributed by atoms with Crippen LogP contribution >= 0.6 is 11.6 Å². The number of carboxylic acids is 1. The van der Waals surface area contributed by atoms with Gasteiger partial charge in [-0.1, -0.05) is 42.8 Å². The lowest BCUT2D eigenvalue weighted by Gasteiger charge is -2.15. The summed E-state index contributed by atoms with van der Waals surface area (Å²) < 4.78 is 43.5. The van der Waals surface area contributed by atoms with Gasteiger partial charge in [-0.05, 0) is 65.7 Å². The second-order valence-corrected chi connectivity index (χ2v) is 9.49. The summed E-state index contributed by atoms with van der Waals surface area (Å²) in [5.74, 6) is -1.78. The first-order valence-electron chi connectivity index (χ1n) is 12.3. The van der Waals surface area contributed by atoms with Crippen LogP contribution in [0.2, 0.25) is 5.02 Å². The molecule has 1 unspecified atom stereocenters. The van der Waals surface area contributed by atoms with Gasteiger partial charge in [0, 0.05) is 34.3 Å². The summed E-state index contributed by atoms with van der Waals surface area (Å²) in [6.45, 7) is 2.41. The van der Waals surface area contributed by atoms with Gasteiger partial charge in [0.2, 0.25) is 0 Å². The topological polar surface area (TPSA) is 93.5 Å². The van der Waals surface area contributed by atoms with Gasteiger partial charge in [0.15, 0.2) is 0 Å². The van der Waals surface area contributed by atoms with Gasteiger partial charge >= 0.3 is 12.3 Å². The molecule has 208 valence electrons. The van der Waals surface area contributed by atoms with Crippen LogP contribution in [0.4, 0.5) is 13.2 Å². The molecule has 0 radical (unpaired) electrons. The summed E-state index contributed by atoms with van der Waals surface area (Å²) in [6, 6.07) is 21.7. The van der Waals surface area contributed by atoms with Crippen molar-refractivity contribution in [2.45, 2.75) is 32.2 Å². The Kier molecular flexibility index (Phi) is 8.79. The zero-order valence-electron chi connectivity index (χ0n) is 21.3. The smallest absolute Gasteiger partial charge is 0.481 e. The van der Waals surface area contributed by atoms with Gasteiger partial charge in [-0.15, -0.1) is 13.2 Å². The van der Waals surface area contributed by atoms with E-state index in [2.05, 4.69) is 10.1 Å². The number of halogens is 4. The van der Waals surface area contributed by atoms with Crippen molar-refractivity contribution in [1.82, 2.24) is 15.1 Å². The number of benzene rings is 3. The quantitative estimate of drug-likeness (QED) is 0.226. The van der Waals surface area contributed by atoms with Crippen LogP contribution in [-0.4, -0.2) is 39.7 Å². The largest absolute Gasteiger partial charge is 0.573 e. The molecule has 0 saturated heterocycles. The fourth-order valence-corrected chi connectivity index (χ4v) is 4.24. The van der Waals surface area contributed by atoms with Crippen LogP contribution in [0.1, 0.15) is 46.4 Å². The van der Waals surface area contributed by atoms with Crippen molar-refractivity contribution in [2.24, 2.45) is 0 Å². The normalized spacial score (nSPS) is 12.1. The highest BCUT2D eigenvalue weighted by Crippen LogP contribution is 2.31. The van der Waals surface area contributed by atoms with E-state index in [0.717, 1.165) is 16.8 Å². The number of alkyl halides is 3. The van der Waals surface area contributed by atoms with Crippen LogP contribution in [0.25, 0.3) is 11.3 Å². The van der Waals surface area contributed by atoms with Crippen molar-refractivity contribution in [1.29, 1.82) is 0 Å². The maximum Gasteiger partial charge on any atom is 0.573 e. The van der Waals surface area contributed by atoms with Gasteiger partial charge in [0.1, 0.15) is 5.75 Å². The number of nitrogens with zero attached hydrogens (tertiary/aromatic N) is 2. The first-order chi connectivity index (χ1) is 19.0. The summed E-state index contributed by atoms with van der Waals surface area (Å²) in [5, 5.41) is 16.7. The molecule has 2 N–H and O–H groups in total. The SMILES string of the molecule is CC(c1ccc(Cl)cc1)c1cc(-c2ccc(OC(F)(F)F)cc2)nn1Cc1ccc(C(=O)NCCC(=O)O)cc1. The Labute approximate surface area is 233 Å². The van der Waals surface area contributed by atoms with Crippen molar-refractivity contribution in [3.8, 4) is 17.0 Å². The molecule has 11 heteroatoms. The second kappa shape index (κ2) is 12.3. The molecule has 0 aliphatic heterocycles. The van der Waals surface area contributed by atoms with Gasteiger partial charge in [0.05, 0.1) is 18.7 Å². The van der Waals surface area contributed by atoms with E-state index in [0.29, 0.717) is 28.4 Å². The summed E-state index contributed by atoms with van der Waals surface area (Å²) in [5.41, 5.74) is 4.30. The summed E-state index contributed by atoms with van der Waals surface area (Å²) in [4.78, 5) is 22.9. The van der Waals surface area contributed by atoms with Gasteiger partial charge < -0.3 is 15.2 Å². The third-order valence-corrected chi connectivity index (χ3v) is 6.43. The number of aliphatic carboxylic acids is 1. The Morgan fingerprint density at radius 3 is 2.27 bits per heavy atom. The molecule has 7 nitrogen and oxygen atoms in total. The first kappa shape index (κ1) is 28.7. The third kappa shape index (κ3) is 7.63. The minimum absolute atomic E-state index is 0.0290. The minimum atomic E-state index is -4.78. The Hall–Kier alpha value is -4.31. The van der Waals surface area contributed by atoms with Crippen LogP contribution in [0.5, 0.6) is 5.75 Å². The van der Waals surface area contributed by atoms with E-state index in [1.54, 1.807) is 36.4 Å². The first-order valence-corrected chi connectivity index (χ1v) is 12.6. The number of amides is 1. The molecule has 0 bridgehead atoms. The Bertz CT molecular complexity index is 1470. The highest BCUT2D eigenvalue weighted by molar-refractivity contribution is 6.30. The Morgan fingerprint density at radius 1 is 1.02 bits per heavy atom. The van der Waals surface area contributed by atoms with Gasteiger partial charge in [-0.2, -0.15) is 5.10 Å². The van der Waals surface area contributed by atoms with E-state index in [1.807, 2.05) is 29.8 Å². The molecule has 3 aromatic carbocycles. The zero-order chi connectivity index (χ0) is 28.9. The molecule has 1 aromatic heterocycles. The molecular formula is C29H25ClF3N3O4. The van der Waals surface area contributed by atoms with E-state index in [9.17, 15) is 22.8 Å². The molecular weight excluding hydrogens is 547 g/mol. The van der Waals surface area contributed by atoms with E-state index < -0.39 is 12.3 Å². The maximum atomic E-state index is 12.6. The monoisotopic (exact) mass is 571 g/mol. The van der Waals surface area contributed by atoms with Crippen LogP contribution in [0.15, 0.2) is 78.9 Å². The predicted octanol–water partition coefficient (Wildman–Crippen LogP) is 6.51. The van der Waals surface area contributed by atoms with E-state index >= 15 is 0 Å². The van der Waals surface area contributed by atoms with Crippen LogP contribution in [0, 0.1) is 0 Å². The molecule has 0 saturated carbocycles. The van der Waals surface area contributed by atoms with Crippen molar-refractivity contribution in [2.75, 3.05) is 6.54 Å². The predicted molar refractivity (Wildman–Crippen MR) is 143 cm³/mol. The van der Waals surface area contributed by atoms with Crippen molar-refractivity contribution >= 4 is 23.5 Å². The summed E-state index contributed by atoms with van der Waals surface area (Å²) in [6.07, 6.45) is -4.95. The van der Waals surface area contributed by atoms with Gasteiger partial charge in [-0.3, -0.25) is 14.3 Å². The zero-order valence-corrected chi connectivity index (χ0v) is 22.0.